The third-order valence-corrected chi connectivity index (χ3v) is 5.93. The number of aromatic nitrogens is 2. The van der Waals surface area contributed by atoms with Gasteiger partial charge in [-0.2, -0.15) is 5.10 Å². The number of para-hydroxylation sites is 1. The van der Waals surface area contributed by atoms with E-state index in [4.69, 9.17) is 16.7 Å². The molecular weight excluding hydrogens is 450 g/mol. The molecule has 0 saturated heterocycles. The summed E-state index contributed by atoms with van der Waals surface area (Å²) in [5.74, 6) is -0.113. The number of amides is 1. The van der Waals surface area contributed by atoms with Gasteiger partial charge in [-0.15, -0.1) is 0 Å². The molecule has 0 fully saturated rings. The van der Waals surface area contributed by atoms with Gasteiger partial charge in [-0.1, -0.05) is 35.9 Å². The Morgan fingerprint density at radius 1 is 1.09 bits per heavy atom. The van der Waals surface area contributed by atoms with E-state index < -0.39 is 0 Å². The van der Waals surface area contributed by atoms with E-state index in [0.29, 0.717) is 23.7 Å². The maximum Gasteiger partial charge on any atom is 0.251 e. The van der Waals surface area contributed by atoms with Crippen molar-refractivity contribution in [1.29, 1.82) is 0 Å². The molecule has 8 heteroatoms. The minimum atomic E-state index is -0.113. The quantitative estimate of drug-likeness (QED) is 0.249. The number of likely N-dealkylation sites (N-methyl/N-ethyl adjacent to an activating group) is 1. The molecule has 34 heavy (non-hydrogen) atoms. The molecule has 1 heterocycles. The number of anilines is 2. The summed E-state index contributed by atoms with van der Waals surface area (Å²) in [4.78, 5) is 14.7. The number of benzene rings is 3. The molecule has 0 aliphatic rings. The second-order valence-electron chi connectivity index (χ2n) is 8.15. The van der Waals surface area contributed by atoms with Gasteiger partial charge in [0.25, 0.3) is 5.91 Å². The topological polar surface area (TPSA) is 93.3 Å². The average molecular weight is 478 g/mol. The summed E-state index contributed by atoms with van der Waals surface area (Å²) in [6.45, 7) is 2.15. The third kappa shape index (κ3) is 5.75. The van der Waals surface area contributed by atoms with Crippen LogP contribution in [0.5, 0.6) is 0 Å². The lowest BCUT2D eigenvalue weighted by atomic mass is 10.0. The lowest BCUT2D eigenvalue weighted by Crippen LogP contribution is -2.29. The van der Waals surface area contributed by atoms with E-state index in [1.54, 1.807) is 6.07 Å². The number of carbonyl (C=O) groups is 1. The number of rotatable bonds is 10. The van der Waals surface area contributed by atoms with Gasteiger partial charge in [0.05, 0.1) is 28.5 Å². The highest BCUT2D eigenvalue weighted by Crippen LogP contribution is 2.31. The van der Waals surface area contributed by atoms with Crippen LogP contribution < -0.4 is 10.6 Å². The van der Waals surface area contributed by atoms with E-state index >= 15 is 0 Å². The van der Waals surface area contributed by atoms with Gasteiger partial charge >= 0.3 is 0 Å². The Bertz CT molecular complexity index is 1270. The minimum Gasteiger partial charge on any atom is -0.395 e. The molecule has 1 aromatic heterocycles. The number of fused-ring (bicyclic) bond motifs is 1. The molecular formula is C26H28ClN5O2. The van der Waals surface area contributed by atoms with E-state index in [1.807, 2.05) is 72.6 Å². The summed E-state index contributed by atoms with van der Waals surface area (Å²) in [5.41, 5.74) is 4.87. The highest BCUT2D eigenvalue weighted by atomic mass is 35.5. The molecule has 1 amide bonds. The van der Waals surface area contributed by atoms with Crippen molar-refractivity contribution in [2.75, 3.05) is 38.6 Å². The second kappa shape index (κ2) is 11.2. The molecule has 4 aromatic rings. The Hall–Kier alpha value is -3.39. The molecule has 0 aliphatic heterocycles. The first kappa shape index (κ1) is 23.8. The number of aliphatic hydroxyl groups is 1. The van der Waals surface area contributed by atoms with Gasteiger partial charge in [-0.3, -0.25) is 9.89 Å². The maximum absolute atomic E-state index is 12.6. The number of aliphatic hydroxyl groups excluding tert-OH is 1. The molecule has 0 saturated carbocycles. The minimum absolute atomic E-state index is 0.113. The Kier molecular flexibility index (Phi) is 7.80. The van der Waals surface area contributed by atoms with Crippen LogP contribution in [-0.2, 0) is 0 Å². The number of halogens is 1. The Balaban J connectivity index is 1.45. The number of nitrogens with zero attached hydrogens (tertiary/aromatic N) is 2. The number of nitrogens with one attached hydrogen (secondary N) is 3. The standard InChI is InChI=1S/C26H28ClN5O2/c1-32(14-15-33)13-5-12-28-26(34)19-7-4-6-18(16-19)25-21-11-10-20(17-24(21)30-31-25)29-23-9-3-2-8-22(23)27/h2-4,6-11,16-17,29,33H,5,12-15H2,1H3,(H,28,34)(H,30,31). The van der Waals surface area contributed by atoms with Gasteiger partial charge in [0.1, 0.15) is 0 Å². The number of H-pyrrole nitrogens is 1. The molecule has 3 aromatic carbocycles. The summed E-state index contributed by atoms with van der Waals surface area (Å²) in [6.07, 6.45) is 0.816. The summed E-state index contributed by atoms with van der Waals surface area (Å²) in [7, 11) is 1.95. The lowest BCUT2D eigenvalue weighted by molar-refractivity contribution is 0.0951. The molecule has 0 unspecified atom stereocenters. The van der Waals surface area contributed by atoms with Crippen molar-refractivity contribution < 1.29 is 9.90 Å². The Morgan fingerprint density at radius 3 is 2.76 bits per heavy atom. The fraction of sp³-hybridized carbons (Fsp3) is 0.231. The van der Waals surface area contributed by atoms with Crippen molar-refractivity contribution in [3.63, 3.8) is 0 Å². The van der Waals surface area contributed by atoms with Crippen LogP contribution in [0.25, 0.3) is 22.2 Å². The monoisotopic (exact) mass is 477 g/mol. The number of carbonyl (C=O) groups excluding carboxylic acids is 1. The highest BCUT2D eigenvalue weighted by molar-refractivity contribution is 6.33. The molecule has 0 bridgehead atoms. The van der Waals surface area contributed by atoms with Gasteiger partial charge in [-0.25, -0.2) is 0 Å². The van der Waals surface area contributed by atoms with Crippen molar-refractivity contribution in [3.05, 3.63) is 77.3 Å². The van der Waals surface area contributed by atoms with Gasteiger partial charge in [0.2, 0.25) is 0 Å². The molecule has 0 spiro atoms. The van der Waals surface area contributed by atoms with E-state index in [0.717, 1.165) is 46.5 Å². The van der Waals surface area contributed by atoms with Gasteiger partial charge < -0.3 is 20.6 Å². The van der Waals surface area contributed by atoms with Crippen LogP contribution in [-0.4, -0.2) is 59.4 Å². The van der Waals surface area contributed by atoms with Crippen molar-refractivity contribution in [2.24, 2.45) is 0 Å². The number of hydrogen-bond donors (Lipinski definition) is 4. The first-order valence-electron chi connectivity index (χ1n) is 11.2. The summed E-state index contributed by atoms with van der Waals surface area (Å²) in [5, 5.41) is 24.5. The smallest absolute Gasteiger partial charge is 0.251 e. The molecule has 0 atom stereocenters. The van der Waals surface area contributed by atoms with Crippen molar-refractivity contribution >= 4 is 39.8 Å². The molecule has 176 valence electrons. The average Bonchev–Trinajstić information content (AvgIpc) is 3.27. The first-order chi connectivity index (χ1) is 16.5. The zero-order valence-electron chi connectivity index (χ0n) is 19.0. The Morgan fingerprint density at radius 2 is 1.94 bits per heavy atom. The summed E-state index contributed by atoms with van der Waals surface area (Å²) >= 11 is 6.26. The van der Waals surface area contributed by atoms with Crippen LogP contribution in [0.15, 0.2) is 66.7 Å². The van der Waals surface area contributed by atoms with Crippen LogP contribution in [0.3, 0.4) is 0 Å². The van der Waals surface area contributed by atoms with E-state index in [9.17, 15) is 4.79 Å². The molecule has 7 nitrogen and oxygen atoms in total. The lowest BCUT2D eigenvalue weighted by Gasteiger charge is -2.14. The van der Waals surface area contributed by atoms with E-state index in [-0.39, 0.29) is 12.5 Å². The zero-order chi connectivity index (χ0) is 23.9. The van der Waals surface area contributed by atoms with Crippen molar-refractivity contribution in [2.45, 2.75) is 6.42 Å². The summed E-state index contributed by atoms with van der Waals surface area (Å²) < 4.78 is 0. The molecule has 0 radical (unpaired) electrons. The zero-order valence-corrected chi connectivity index (χ0v) is 19.8. The molecule has 4 rings (SSSR count). The number of hydrogen-bond acceptors (Lipinski definition) is 5. The Labute approximate surface area is 203 Å². The largest absolute Gasteiger partial charge is 0.395 e. The first-order valence-corrected chi connectivity index (χ1v) is 11.6. The maximum atomic E-state index is 12.6. The predicted octanol–water partition coefficient (Wildman–Crippen LogP) is 4.67. The normalized spacial score (nSPS) is 11.2. The van der Waals surface area contributed by atoms with Crippen LogP contribution in [0.2, 0.25) is 5.02 Å². The van der Waals surface area contributed by atoms with E-state index in [2.05, 4.69) is 20.8 Å². The van der Waals surface area contributed by atoms with Crippen LogP contribution in [0.1, 0.15) is 16.8 Å². The summed E-state index contributed by atoms with van der Waals surface area (Å²) in [6, 6.07) is 21.0. The van der Waals surface area contributed by atoms with Gasteiger partial charge in [-0.05, 0) is 62.5 Å². The van der Waals surface area contributed by atoms with Crippen LogP contribution in [0.4, 0.5) is 11.4 Å². The van der Waals surface area contributed by atoms with Crippen LogP contribution in [0, 0.1) is 0 Å². The van der Waals surface area contributed by atoms with E-state index in [1.165, 1.54) is 0 Å². The predicted molar refractivity (Wildman–Crippen MR) is 138 cm³/mol. The fourth-order valence-electron chi connectivity index (χ4n) is 3.78. The van der Waals surface area contributed by atoms with Crippen molar-refractivity contribution in [1.82, 2.24) is 20.4 Å². The van der Waals surface area contributed by atoms with Crippen molar-refractivity contribution in [3.8, 4) is 11.3 Å². The second-order valence-corrected chi connectivity index (χ2v) is 8.56. The van der Waals surface area contributed by atoms with Gasteiger partial charge in [0, 0.05) is 35.3 Å². The third-order valence-electron chi connectivity index (χ3n) is 5.60. The molecule has 4 N–H and O–H groups in total. The number of aromatic amines is 1. The SMILES string of the molecule is CN(CCO)CCCNC(=O)c1cccc(-c2n[nH]c3cc(Nc4ccccc4Cl)ccc23)c1. The molecule has 0 aliphatic carbocycles. The fourth-order valence-corrected chi connectivity index (χ4v) is 3.96. The van der Waals surface area contributed by atoms with Gasteiger partial charge in [0.15, 0.2) is 0 Å². The van der Waals surface area contributed by atoms with Crippen LogP contribution >= 0.6 is 11.6 Å². The highest BCUT2D eigenvalue weighted by Gasteiger charge is 2.12.